The van der Waals surface area contributed by atoms with Gasteiger partial charge in [0.1, 0.15) is 18.2 Å². The predicted molar refractivity (Wildman–Crippen MR) is 74.6 cm³/mol. The largest absolute Gasteiger partial charge is 0.489 e. The third-order valence-corrected chi connectivity index (χ3v) is 2.83. The van der Waals surface area contributed by atoms with Crippen LogP contribution in [0.4, 0.5) is 4.39 Å². The first-order valence-electron chi connectivity index (χ1n) is 6.32. The maximum atomic E-state index is 13.4. The fraction of sp³-hybridized carbons (Fsp3) is 0.188. The van der Waals surface area contributed by atoms with E-state index in [1.807, 2.05) is 6.07 Å². The molecular weight excluding hydrogens is 255 g/mol. The number of nitrogens with zero attached hydrogens (tertiary/aromatic N) is 1. The zero-order valence-corrected chi connectivity index (χ0v) is 11.0. The molecule has 0 bridgehead atoms. The van der Waals surface area contributed by atoms with Crippen LogP contribution < -0.4 is 10.5 Å². The van der Waals surface area contributed by atoms with Crippen molar-refractivity contribution < 1.29 is 9.13 Å². The molecule has 0 aliphatic heterocycles. The Bertz CT molecular complexity index is 635. The van der Waals surface area contributed by atoms with Gasteiger partial charge in [0, 0.05) is 6.07 Å². The normalized spacial score (nSPS) is 10.1. The first-order chi connectivity index (χ1) is 9.71. The predicted octanol–water partition coefficient (Wildman–Crippen LogP) is 2.78. The number of ether oxygens (including phenoxy) is 1. The minimum absolute atomic E-state index is 0.293. The van der Waals surface area contributed by atoms with Gasteiger partial charge in [-0.1, -0.05) is 12.1 Å². The highest BCUT2D eigenvalue weighted by Gasteiger charge is 2.03. The van der Waals surface area contributed by atoms with Crippen molar-refractivity contribution in [1.29, 1.82) is 5.26 Å². The highest BCUT2D eigenvalue weighted by atomic mass is 19.1. The lowest BCUT2D eigenvalue weighted by molar-refractivity contribution is 0.304. The Hall–Kier alpha value is -2.38. The Labute approximate surface area is 117 Å². The lowest BCUT2D eigenvalue weighted by Gasteiger charge is -2.08. The monoisotopic (exact) mass is 270 g/mol. The summed E-state index contributed by atoms with van der Waals surface area (Å²) in [5.74, 6) is 0.132. The van der Waals surface area contributed by atoms with Gasteiger partial charge in [-0.05, 0) is 48.4 Å². The molecule has 102 valence electrons. The number of rotatable bonds is 5. The van der Waals surface area contributed by atoms with Gasteiger partial charge in [0.05, 0.1) is 11.6 Å². The highest BCUT2D eigenvalue weighted by Crippen LogP contribution is 2.18. The van der Waals surface area contributed by atoms with Gasteiger partial charge in [-0.25, -0.2) is 4.39 Å². The van der Waals surface area contributed by atoms with E-state index in [4.69, 9.17) is 15.7 Å². The second-order valence-electron chi connectivity index (χ2n) is 4.43. The maximum Gasteiger partial charge on any atom is 0.127 e. The third kappa shape index (κ3) is 3.81. The van der Waals surface area contributed by atoms with Crippen molar-refractivity contribution in [2.75, 3.05) is 6.54 Å². The average Bonchev–Trinajstić information content (AvgIpc) is 2.45. The first-order valence-corrected chi connectivity index (χ1v) is 6.32. The molecule has 0 heterocycles. The van der Waals surface area contributed by atoms with E-state index in [9.17, 15) is 4.39 Å². The van der Waals surface area contributed by atoms with E-state index < -0.39 is 0 Å². The van der Waals surface area contributed by atoms with Crippen LogP contribution >= 0.6 is 0 Å². The maximum absolute atomic E-state index is 13.4. The van der Waals surface area contributed by atoms with Gasteiger partial charge in [-0.2, -0.15) is 5.26 Å². The van der Waals surface area contributed by atoms with Crippen molar-refractivity contribution in [1.82, 2.24) is 0 Å². The van der Waals surface area contributed by atoms with E-state index in [1.54, 1.807) is 24.3 Å². The van der Waals surface area contributed by atoms with Crippen LogP contribution in [-0.4, -0.2) is 6.54 Å². The fourth-order valence-corrected chi connectivity index (χ4v) is 1.91. The van der Waals surface area contributed by atoms with Gasteiger partial charge in [0.25, 0.3) is 0 Å². The molecule has 0 aliphatic carbocycles. The Morgan fingerprint density at radius 3 is 2.75 bits per heavy atom. The van der Waals surface area contributed by atoms with E-state index >= 15 is 0 Å². The Morgan fingerprint density at radius 1 is 1.15 bits per heavy atom. The van der Waals surface area contributed by atoms with Crippen LogP contribution in [0.15, 0.2) is 42.5 Å². The number of hydrogen-bond donors (Lipinski definition) is 1. The number of halogens is 1. The Kier molecular flexibility index (Phi) is 4.70. The van der Waals surface area contributed by atoms with E-state index in [0.29, 0.717) is 30.9 Å². The SMILES string of the molecule is N#Cc1cccc(COc2cc(F)cc(CCN)c2)c1. The van der Waals surface area contributed by atoms with Gasteiger partial charge in [0.15, 0.2) is 0 Å². The summed E-state index contributed by atoms with van der Waals surface area (Å²) in [4.78, 5) is 0. The van der Waals surface area contributed by atoms with Crippen molar-refractivity contribution >= 4 is 0 Å². The van der Waals surface area contributed by atoms with Crippen LogP contribution in [0.5, 0.6) is 5.75 Å². The van der Waals surface area contributed by atoms with Crippen molar-refractivity contribution in [3.05, 3.63) is 65.0 Å². The van der Waals surface area contributed by atoms with Gasteiger partial charge < -0.3 is 10.5 Å². The van der Waals surface area contributed by atoms with Gasteiger partial charge >= 0.3 is 0 Å². The molecular formula is C16H15FN2O. The van der Waals surface area contributed by atoms with Crippen LogP contribution in [0.1, 0.15) is 16.7 Å². The molecule has 0 saturated carbocycles. The lowest BCUT2D eigenvalue weighted by atomic mass is 10.1. The molecule has 4 heteroatoms. The molecule has 0 radical (unpaired) electrons. The van der Waals surface area contributed by atoms with Crippen LogP contribution in [-0.2, 0) is 13.0 Å². The summed E-state index contributed by atoms with van der Waals surface area (Å²) in [6.45, 7) is 0.758. The number of nitrogens with two attached hydrogens (primary N) is 1. The van der Waals surface area contributed by atoms with Crippen molar-refractivity contribution in [2.24, 2.45) is 5.73 Å². The summed E-state index contributed by atoms with van der Waals surface area (Å²) in [7, 11) is 0. The molecule has 2 aromatic carbocycles. The zero-order chi connectivity index (χ0) is 14.4. The molecule has 0 amide bonds. The Balaban J connectivity index is 2.08. The molecule has 2 rings (SSSR count). The molecule has 0 spiro atoms. The molecule has 0 saturated heterocycles. The van der Waals surface area contributed by atoms with E-state index in [0.717, 1.165) is 11.1 Å². The average molecular weight is 270 g/mol. The second-order valence-corrected chi connectivity index (χ2v) is 4.43. The minimum Gasteiger partial charge on any atom is -0.489 e. The zero-order valence-electron chi connectivity index (χ0n) is 11.0. The molecule has 0 unspecified atom stereocenters. The van der Waals surface area contributed by atoms with Crippen LogP contribution in [0.2, 0.25) is 0 Å². The summed E-state index contributed by atoms with van der Waals surface area (Å²) in [6, 6.07) is 13.8. The lowest BCUT2D eigenvalue weighted by Crippen LogP contribution is -2.04. The van der Waals surface area contributed by atoms with Crippen LogP contribution in [0, 0.1) is 17.1 Å². The topological polar surface area (TPSA) is 59.0 Å². The quantitative estimate of drug-likeness (QED) is 0.908. The summed E-state index contributed by atoms with van der Waals surface area (Å²) >= 11 is 0. The molecule has 2 N–H and O–H groups in total. The number of nitriles is 1. The molecule has 0 atom stereocenters. The molecule has 0 fully saturated rings. The molecule has 0 aromatic heterocycles. The van der Waals surface area contributed by atoms with Crippen molar-refractivity contribution in [2.45, 2.75) is 13.0 Å². The van der Waals surface area contributed by atoms with Crippen molar-refractivity contribution in [3.63, 3.8) is 0 Å². The van der Waals surface area contributed by atoms with Crippen LogP contribution in [0.3, 0.4) is 0 Å². The van der Waals surface area contributed by atoms with E-state index in [-0.39, 0.29) is 5.82 Å². The molecule has 0 aliphatic rings. The summed E-state index contributed by atoms with van der Waals surface area (Å²) in [5.41, 5.74) is 7.72. The van der Waals surface area contributed by atoms with Gasteiger partial charge in [-0.3, -0.25) is 0 Å². The third-order valence-electron chi connectivity index (χ3n) is 2.83. The molecule has 2 aromatic rings. The summed E-state index contributed by atoms with van der Waals surface area (Å²) in [5, 5.41) is 8.83. The smallest absolute Gasteiger partial charge is 0.127 e. The fourth-order valence-electron chi connectivity index (χ4n) is 1.91. The minimum atomic E-state index is -0.336. The number of benzene rings is 2. The first kappa shape index (κ1) is 14.0. The number of hydrogen-bond acceptors (Lipinski definition) is 3. The standard InChI is InChI=1S/C16H15FN2O/c17-15-7-12(4-5-18)8-16(9-15)20-11-14-3-1-2-13(6-14)10-19/h1-3,6-9H,4-5,11,18H2. The molecule has 20 heavy (non-hydrogen) atoms. The summed E-state index contributed by atoms with van der Waals surface area (Å²) in [6.07, 6.45) is 0.609. The highest BCUT2D eigenvalue weighted by molar-refractivity contribution is 5.33. The van der Waals surface area contributed by atoms with E-state index in [1.165, 1.54) is 12.1 Å². The van der Waals surface area contributed by atoms with Gasteiger partial charge in [0.2, 0.25) is 0 Å². The van der Waals surface area contributed by atoms with Crippen molar-refractivity contribution in [3.8, 4) is 11.8 Å². The molecule has 3 nitrogen and oxygen atoms in total. The van der Waals surface area contributed by atoms with Crippen LogP contribution in [0.25, 0.3) is 0 Å². The van der Waals surface area contributed by atoms with Gasteiger partial charge in [-0.15, -0.1) is 0 Å². The second kappa shape index (κ2) is 6.69. The Morgan fingerprint density at radius 2 is 2.00 bits per heavy atom. The van der Waals surface area contributed by atoms with E-state index in [2.05, 4.69) is 6.07 Å². The summed E-state index contributed by atoms with van der Waals surface area (Å²) < 4.78 is 19.0.